The number of hydrogen-bond donors (Lipinski definition) is 3. The Morgan fingerprint density at radius 1 is 1.67 bits per heavy atom. The summed E-state index contributed by atoms with van der Waals surface area (Å²) in [5.41, 5.74) is 6.77. The van der Waals surface area contributed by atoms with Crippen molar-refractivity contribution in [3.05, 3.63) is 23.7 Å². The Hall–Kier alpha value is -2.31. The number of aromatic nitrogens is 3. The van der Waals surface area contributed by atoms with Crippen LogP contribution in [0.1, 0.15) is 16.2 Å². The van der Waals surface area contributed by atoms with E-state index in [9.17, 15) is 4.79 Å². The second-order valence-electron chi connectivity index (χ2n) is 2.95. The number of aryl methyl sites for hydroxylation is 1. The molecule has 0 bridgehead atoms. The summed E-state index contributed by atoms with van der Waals surface area (Å²) in [5, 5.41) is 12.4. The smallest absolute Gasteiger partial charge is 0.279 e. The van der Waals surface area contributed by atoms with Crippen LogP contribution in [0.2, 0.25) is 0 Å². The zero-order chi connectivity index (χ0) is 10.8. The number of hydrogen-bond acceptors (Lipinski definition) is 5. The molecule has 0 radical (unpaired) electrons. The summed E-state index contributed by atoms with van der Waals surface area (Å²) in [6.45, 7) is 1.73. The second kappa shape index (κ2) is 3.45. The summed E-state index contributed by atoms with van der Waals surface area (Å²) in [5.74, 6) is -0.106. The van der Waals surface area contributed by atoms with E-state index in [1.165, 1.54) is 12.3 Å². The Balaban J connectivity index is 2.19. The van der Waals surface area contributed by atoms with Crippen molar-refractivity contribution in [3.63, 3.8) is 0 Å². The van der Waals surface area contributed by atoms with E-state index in [1.807, 2.05) is 0 Å². The quantitative estimate of drug-likeness (QED) is 0.665. The van der Waals surface area contributed by atoms with E-state index in [0.717, 1.165) is 0 Å². The summed E-state index contributed by atoms with van der Waals surface area (Å²) in [6.07, 6.45) is 1.36. The molecular formula is C8H9N5O2. The number of carbonyl (C=O) groups is 1. The molecule has 0 saturated carbocycles. The number of nitrogens with two attached hydrogens (primary N) is 1. The third kappa shape index (κ3) is 1.66. The lowest BCUT2D eigenvalue weighted by molar-refractivity contribution is 0.102. The van der Waals surface area contributed by atoms with Gasteiger partial charge in [-0.3, -0.25) is 9.89 Å². The monoisotopic (exact) mass is 207 g/mol. The highest BCUT2D eigenvalue weighted by molar-refractivity contribution is 6.05. The summed E-state index contributed by atoms with van der Waals surface area (Å²) >= 11 is 0. The van der Waals surface area contributed by atoms with Crippen LogP contribution in [0, 0.1) is 6.92 Å². The van der Waals surface area contributed by atoms with Crippen LogP contribution in [0.4, 0.5) is 11.5 Å². The largest absolute Gasteiger partial charge is 0.395 e. The van der Waals surface area contributed by atoms with Crippen molar-refractivity contribution in [3.8, 4) is 0 Å². The number of aromatic amines is 1. The van der Waals surface area contributed by atoms with Gasteiger partial charge in [-0.2, -0.15) is 5.10 Å². The van der Waals surface area contributed by atoms with Gasteiger partial charge in [0.25, 0.3) is 5.91 Å². The molecule has 1 amide bonds. The number of carbonyl (C=O) groups excluding carboxylic acids is 1. The molecule has 0 aliphatic rings. The fraction of sp³-hybridized carbons (Fsp3) is 0.125. The number of H-pyrrole nitrogens is 1. The van der Waals surface area contributed by atoms with Gasteiger partial charge in [-0.1, -0.05) is 5.16 Å². The van der Waals surface area contributed by atoms with Gasteiger partial charge < -0.3 is 15.6 Å². The molecule has 0 aliphatic carbocycles. The molecule has 15 heavy (non-hydrogen) atoms. The highest BCUT2D eigenvalue weighted by Crippen LogP contribution is 2.14. The van der Waals surface area contributed by atoms with Crippen molar-refractivity contribution in [1.82, 2.24) is 15.4 Å². The molecule has 2 aromatic heterocycles. The average molecular weight is 207 g/mol. The zero-order valence-electron chi connectivity index (χ0n) is 7.94. The Morgan fingerprint density at radius 3 is 3.00 bits per heavy atom. The van der Waals surface area contributed by atoms with Gasteiger partial charge in [0.05, 0.1) is 11.4 Å². The maximum Gasteiger partial charge on any atom is 0.279 e. The predicted octanol–water partition coefficient (Wildman–Crippen LogP) is 0.541. The number of nitrogen functional groups attached to an aromatic ring is 1. The van der Waals surface area contributed by atoms with Crippen molar-refractivity contribution in [1.29, 1.82) is 0 Å². The van der Waals surface area contributed by atoms with E-state index in [1.54, 1.807) is 6.92 Å². The van der Waals surface area contributed by atoms with Crippen LogP contribution in [-0.4, -0.2) is 21.3 Å². The predicted molar refractivity (Wildman–Crippen MR) is 52.2 cm³/mol. The average Bonchev–Trinajstić information content (AvgIpc) is 2.79. The highest BCUT2D eigenvalue weighted by Gasteiger charge is 2.15. The SMILES string of the molecule is Cc1[nH]nc(C(=O)Nc2ccon2)c1N. The highest BCUT2D eigenvalue weighted by atomic mass is 16.5. The van der Waals surface area contributed by atoms with E-state index < -0.39 is 5.91 Å². The number of anilines is 2. The molecule has 0 unspecified atom stereocenters. The number of amides is 1. The second-order valence-corrected chi connectivity index (χ2v) is 2.95. The molecule has 0 aromatic carbocycles. The van der Waals surface area contributed by atoms with Gasteiger partial charge in [0.15, 0.2) is 11.5 Å². The van der Waals surface area contributed by atoms with Crippen LogP contribution < -0.4 is 11.1 Å². The fourth-order valence-electron chi connectivity index (χ4n) is 1.06. The van der Waals surface area contributed by atoms with E-state index in [4.69, 9.17) is 5.73 Å². The lowest BCUT2D eigenvalue weighted by atomic mass is 10.3. The van der Waals surface area contributed by atoms with Crippen molar-refractivity contribution < 1.29 is 9.32 Å². The van der Waals surface area contributed by atoms with Gasteiger partial charge >= 0.3 is 0 Å². The summed E-state index contributed by atoms with van der Waals surface area (Å²) in [4.78, 5) is 11.6. The summed E-state index contributed by atoms with van der Waals surface area (Å²) in [6, 6.07) is 1.52. The molecule has 0 spiro atoms. The van der Waals surface area contributed by atoms with Gasteiger partial charge in [-0.05, 0) is 6.92 Å². The minimum atomic E-state index is -0.425. The van der Waals surface area contributed by atoms with Crippen LogP contribution in [-0.2, 0) is 0 Å². The third-order valence-electron chi connectivity index (χ3n) is 1.89. The first-order valence-electron chi connectivity index (χ1n) is 4.20. The molecule has 2 aromatic rings. The van der Waals surface area contributed by atoms with Gasteiger partial charge in [0.1, 0.15) is 6.26 Å². The van der Waals surface area contributed by atoms with E-state index >= 15 is 0 Å². The lowest BCUT2D eigenvalue weighted by Crippen LogP contribution is -2.14. The van der Waals surface area contributed by atoms with Crippen molar-refractivity contribution in [2.24, 2.45) is 0 Å². The minimum absolute atomic E-state index is 0.149. The van der Waals surface area contributed by atoms with Crippen molar-refractivity contribution in [2.75, 3.05) is 11.1 Å². The molecule has 4 N–H and O–H groups in total. The van der Waals surface area contributed by atoms with E-state index in [-0.39, 0.29) is 5.69 Å². The van der Waals surface area contributed by atoms with E-state index in [2.05, 4.69) is 25.2 Å². The third-order valence-corrected chi connectivity index (χ3v) is 1.89. The molecule has 2 heterocycles. The number of rotatable bonds is 2. The van der Waals surface area contributed by atoms with Gasteiger partial charge in [-0.15, -0.1) is 0 Å². The molecule has 7 nitrogen and oxygen atoms in total. The molecule has 0 aliphatic heterocycles. The van der Waals surface area contributed by atoms with Crippen molar-refractivity contribution >= 4 is 17.4 Å². The molecule has 78 valence electrons. The lowest BCUT2D eigenvalue weighted by Gasteiger charge is -1.98. The van der Waals surface area contributed by atoms with E-state index in [0.29, 0.717) is 17.2 Å². The Kier molecular flexibility index (Phi) is 2.13. The molecule has 0 fully saturated rings. The fourth-order valence-corrected chi connectivity index (χ4v) is 1.06. The van der Waals surface area contributed by atoms with Gasteiger partial charge in [0, 0.05) is 6.07 Å². The molecule has 0 atom stereocenters. The number of nitrogens with zero attached hydrogens (tertiary/aromatic N) is 2. The van der Waals surface area contributed by atoms with Crippen LogP contribution in [0.15, 0.2) is 16.9 Å². The van der Waals surface area contributed by atoms with Crippen LogP contribution in [0.3, 0.4) is 0 Å². The zero-order valence-corrected chi connectivity index (χ0v) is 7.94. The first-order chi connectivity index (χ1) is 7.18. The maximum absolute atomic E-state index is 11.6. The Morgan fingerprint density at radius 2 is 2.47 bits per heavy atom. The topological polar surface area (TPSA) is 110 Å². The van der Waals surface area contributed by atoms with Crippen LogP contribution in [0.25, 0.3) is 0 Å². The molecule has 0 saturated heterocycles. The van der Waals surface area contributed by atoms with Crippen LogP contribution in [0.5, 0.6) is 0 Å². The standard InChI is InChI=1S/C8H9N5O2/c1-4-6(9)7(12-11-4)8(14)10-5-2-3-15-13-5/h2-3H,9H2,1H3,(H,11,12)(H,10,13,14). The maximum atomic E-state index is 11.6. The normalized spacial score (nSPS) is 10.2. The molecular weight excluding hydrogens is 198 g/mol. The minimum Gasteiger partial charge on any atom is -0.395 e. The van der Waals surface area contributed by atoms with Crippen LogP contribution >= 0.6 is 0 Å². The van der Waals surface area contributed by atoms with Crippen molar-refractivity contribution in [2.45, 2.75) is 6.92 Å². The van der Waals surface area contributed by atoms with Gasteiger partial charge in [-0.25, -0.2) is 0 Å². The Labute approximate surface area is 84.6 Å². The Bertz CT molecular complexity index is 473. The first kappa shape index (κ1) is 9.25. The summed E-state index contributed by atoms with van der Waals surface area (Å²) < 4.78 is 4.56. The molecule has 7 heteroatoms. The first-order valence-corrected chi connectivity index (χ1v) is 4.20. The number of nitrogens with one attached hydrogen (secondary N) is 2. The summed E-state index contributed by atoms with van der Waals surface area (Å²) in [7, 11) is 0. The molecule has 2 rings (SSSR count). The van der Waals surface area contributed by atoms with Gasteiger partial charge in [0.2, 0.25) is 0 Å².